The van der Waals surface area contributed by atoms with Crippen molar-refractivity contribution in [2.45, 2.75) is 44.6 Å². The number of anilines is 1. The van der Waals surface area contributed by atoms with Crippen LogP contribution in [0, 0.1) is 6.92 Å². The molecule has 0 bridgehead atoms. The Morgan fingerprint density at radius 2 is 1.61 bits per heavy atom. The van der Waals surface area contributed by atoms with Crippen LogP contribution in [-0.4, -0.2) is 45.3 Å². The number of benzene rings is 2. The van der Waals surface area contributed by atoms with Crippen molar-refractivity contribution in [2.75, 3.05) is 18.0 Å². The lowest BCUT2D eigenvalue weighted by Crippen LogP contribution is -2.50. The molecule has 2 unspecified atom stereocenters. The lowest BCUT2D eigenvalue weighted by Gasteiger charge is -2.30. The van der Waals surface area contributed by atoms with Gasteiger partial charge in [-0.25, -0.2) is 8.42 Å². The molecule has 1 amide bonds. The van der Waals surface area contributed by atoms with E-state index in [1.807, 2.05) is 45.0 Å². The molecule has 1 saturated heterocycles. The molecular weight excluding hydrogens is 416 g/mol. The minimum Gasteiger partial charge on any atom is -0.497 e. The number of hydrogen-bond donors (Lipinski definition) is 3. The number of ether oxygens (including phenoxy) is 1. The fraction of sp³-hybridized carbons (Fsp3) is 0.409. The van der Waals surface area contributed by atoms with Crippen LogP contribution in [0.15, 0.2) is 48.5 Å². The van der Waals surface area contributed by atoms with Gasteiger partial charge in [-0.2, -0.15) is 0 Å². The number of carbonyl (C=O) groups is 1. The van der Waals surface area contributed by atoms with E-state index in [2.05, 4.69) is 16.2 Å². The highest BCUT2D eigenvalue weighted by Gasteiger charge is 2.44. The van der Waals surface area contributed by atoms with Gasteiger partial charge in [0.2, 0.25) is 15.9 Å². The lowest BCUT2D eigenvalue weighted by atomic mass is 10.1. The molecule has 1 aliphatic heterocycles. The van der Waals surface area contributed by atoms with Gasteiger partial charge in [-0.1, -0.05) is 29.8 Å². The van der Waals surface area contributed by atoms with E-state index in [0.29, 0.717) is 18.0 Å². The second-order valence-electron chi connectivity index (χ2n) is 7.84. The largest absolute Gasteiger partial charge is 0.497 e. The maximum absolute atomic E-state index is 13.6. The van der Waals surface area contributed by atoms with Crippen molar-refractivity contribution in [3.8, 4) is 5.75 Å². The van der Waals surface area contributed by atoms with Gasteiger partial charge in [0.05, 0.1) is 12.8 Å². The second kappa shape index (κ2) is 9.67. The highest BCUT2D eigenvalue weighted by molar-refractivity contribution is 7.93. The van der Waals surface area contributed by atoms with Gasteiger partial charge in [-0.05, 0) is 50.6 Å². The number of amides is 1. The Labute approximate surface area is 184 Å². The fourth-order valence-corrected chi connectivity index (χ4v) is 5.87. The molecule has 8 nitrogen and oxygen atoms in total. The summed E-state index contributed by atoms with van der Waals surface area (Å²) in [6.07, 6.45) is 0. The molecule has 1 heterocycles. The van der Waals surface area contributed by atoms with Gasteiger partial charge in [0, 0.05) is 18.6 Å². The number of rotatable bonds is 8. The maximum Gasteiger partial charge on any atom is 0.241 e. The van der Waals surface area contributed by atoms with E-state index in [0.717, 1.165) is 11.1 Å². The van der Waals surface area contributed by atoms with Crippen molar-refractivity contribution in [3.63, 3.8) is 0 Å². The first-order valence-corrected chi connectivity index (χ1v) is 11.7. The van der Waals surface area contributed by atoms with Crippen LogP contribution in [0.4, 0.5) is 5.69 Å². The molecule has 0 aliphatic carbocycles. The average Bonchev–Trinajstić information content (AvgIpc) is 3.10. The van der Waals surface area contributed by atoms with Crippen molar-refractivity contribution in [1.29, 1.82) is 0 Å². The molecule has 9 heteroatoms. The molecule has 31 heavy (non-hydrogen) atoms. The Morgan fingerprint density at radius 1 is 1.03 bits per heavy atom. The molecule has 0 radical (unpaired) electrons. The Hall–Kier alpha value is -2.62. The second-order valence-corrected chi connectivity index (χ2v) is 9.86. The third-order valence-electron chi connectivity index (χ3n) is 5.43. The quantitative estimate of drug-likeness (QED) is 0.571. The highest BCUT2D eigenvalue weighted by atomic mass is 32.2. The van der Waals surface area contributed by atoms with Crippen LogP contribution in [-0.2, 0) is 21.4 Å². The Morgan fingerprint density at radius 3 is 2.16 bits per heavy atom. The number of nitrogens with one attached hydrogen (secondary N) is 3. The molecule has 2 atom stereocenters. The van der Waals surface area contributed by atoms with Crippen LogP contribution in [0.3, 0.4) is 0 Å². The van der Waals surface area contributed by atoms with Crippen LogP contribution < -0.4 is 25.2 Å². The number of methoxy groups -OCH3 is 1. The third kappa shape index (κ3) is 5.36. The summed E-state index contributed by atoms with van der Waals surface area (Å²) >= 11 is 0. The standard InChI is InChI=1S/C22H30N4O4S/c1-15-5-7-18(8-6-15)13-23-21(27)14-26(19-9-11-20(30-4)12-10-19)31(28,29)22-16(2)24-25-17(22)3/h5-12,16-17,22,24-25H,13-14H2,1-4H3,(H,23,27). The van der Waals surface area contributed by atoms with Crippen molar-refractivity contribution in [1.82, 2.24) is 16.2 Å². The van der Waals surface area contributed by atoms with E-state index in [-0.39, 0.29) is 24.5 Å². The van der Waals surface area contributed by atoms with Crippen molar-refractivity contribution in [2.24, 2.45) is 0 Å². The van der Waals surface area contributed by atoms with Gasteiger partial charge in [0.1, 0.15) is 17.5 Å². The first-order chi connectivity index (χ1) is 14.7. The molecule has 0 saturated carbocycles. The van der Waals surface area contributed by atoms with Gasteiger partial charge < -0.3 is 10.1 Å². The molecule has 0 aromatic heterocycles. The first-order valence-electron chi connectivity index (χ1n) is 10.2. The SMILES string of the molecule is COc1ccc(N(CC(=O)NCc2ccc(C)cc2)S(=O)(=O)C2C(C)NNC2C)cc1. The summed E-state index contributed by atoms with van der Waals surface area (Å²) in [6, 6.07) is 13.9. The van der Waals surface area contributed by atoms with E-state index in [1.54, 1.807) is 31.4 Å². The molecule has 2 aromatic carbocycles. The van der Waals surface area contributed by atoms with Crippen molar-refractivity contribution < 1.29 is 17.9 Å². The molecule has 1 aliphatic rings. The summed E-state index contributed by atoms with van der Waals surface area (Å²) in [5, 5.41) is 2.10. The minimum atomic E-state index is -3.85. The number of hydrazine groups is 1. The monoisotopic (exact) mass is 446 g/mol. The fourth-order valence-electron chi connectivity index (χ4n) is 3.69. The smallest absolute Gasteiger partial charge is 0.241 e. The zero-order valence-electron chi connectivity index (χ0n) is 18.3. The summed E-state index contributed by atoms with van der Waals surface area (Å²) < 4.78 is 33.5. The Bertz CT molecular complexity index is 983. The van der Waals surface area contributed by atoms with E-state index < -0.39 is 15.3 Å². The van der Waals surface area contributed by atoms with Crippen molar-refractivity contribution in [3.05, 3.63) is 59.7 Å². The van der Waals surface area contributed by atoms with E-state index in [4.69, 9.17) is 4.74 Å². The topological polar surface area (TPSA) is 99.8 Å². The third-order valence-corrected chi connectivity index (χ3v) is 7.89. The van der Waals surface area contributed by atoms with Gasteiger partial charge in [0.25, 0.3) is 0 Å². The maximum atomic E-state index is 13.6. The molecule has 3 N–H and O–H groups in total. The predicted molar refractivity (Wildman–Crippen MR) is 121 cm³/mol. The number of aryl methyl sites for hydroxylation is 1. The lowest BCUT2D eigenvalue weighted by molar-refractivity contribution is -0.119. The summed E-state index contributed by atoms with van der Waals surface area (Å²) in [5.41, 5.74) is 8.45. The van der Waals surface area contributed by atoms with Crippen LogP contribution in [0.25, 0.3) is 0 Å². The summed E-state index contributed by atoms with van der Waals surface area (Å²) in [7, 11) is -2.31. The van der Waals surface area contributed by atoms with Crippen LogP contribution in [0.5, 0.6) is 5.75 Å². The van der Waals surface area contributed by atoms with E-state index in [1.165, 1.54) is 4.31 Å². The van der Waals surface area contributed by atoms with E-state index in [9.17, 15) is 13.2 Å². The Balaban J connectivity index is 1.82. The molecule has 2 aromatic rings. The molecule has 0 spiro atoms. The average molecular weight is 447 g/mol. The molecule has 168 valence electrons. The summed E-state index contributed by atoms with van der Waals surface area (Å²) in [5.74, 6) is 0.232. The van der Waals surface area contributed by atoms with Gasteiger partial charge >= 0.3 is 0 Å². The van der Waals surface area contributed by atoms with Gasteiger partial charge in [0.15, 0.2) is 0 Å². The molecule has 1 fully saturated rings. The summed E-state index contributed by atoms with van der Waals surface area (Å²) in [4.78, 5) is 12.7. The molecule has 3 rings (SSSR count). The number of carbonyl (C=O) groups excluding carboxylic acids is 1. The number of nitrogens with zero attached hydrogens (tertiary/aromatic N) is 1. The number of hydrogen-bond acceptors (Lipinski definition) is 6. The van der Waals surface area contributed by atoms with Crippen molar-refractivity contribution >= 4 is 21.6 Å². The predicted octanol–water partition coefficient (Wildman–Crippen LogP) is 1.71. The van der Waals surface area contributed by atoms with Gasteiger partial charge in [-0.15, -0.1) is 0 Å². The molecular formula is C22H30N4O4S. The Kier molecular flexibility index (Phi) is 7.19. The van der Waals surface area contributed by atoms with Crippen LogP contribution >= 0.6 is 0 Å². The van der Waals surface area contributed by atoms with Crippen LogP contribution in [0.2, 0.25) is 0 Å². The van der Waals surface area contributed by atoms with Crippen LogP contribution in [0.1, 0.15) is 25.0 Å². The normalized spacial score (nSPS) is 21.0. The zero-order chi connectivity index (χ0) is 22.6. The highest BCUT2D eigenvalue weighted by Crippen LogP contribution is 2.27. The van der Waals surface area contributed by atoms with Gasteiger partial charge in [-0.3, -0.25) is 20.0 Å². The summed E-state index contributed by atoms with van der Waals surface area (Å²) in [6.45, 7) is 5.63. The van der Waals surface area contributed by atoms with E-state index >= 15 is 0 Å². The minimum absolute atomic E-state index is 0.309. The number of sulfonamides is 1. The first kappa shape index (κ1) is 23.1. The zero-order valence-corrected chi connectivity index (χ0v) is 19.1.